The van der Waals surface area contributed by atoms with Gasteiger partial charge in [-0.05, 0) is 24.1 Å². The molecule has 8 heteroatoms. The fourth-order valence-electron chi connectivity index (χ4n) is 2.57. The summed E-state index contributed by atoms with van der Waals surface area (Å²) >= 11 is 0. The van der Waals surface area contributed by atoms with Crippen molar-refractivity contribution in [1.82, 2.24) is 13.9 Å². The third-order valence-corrected chi connectivity index (χ3v) is 5.51. The summed E-state index contributed by atoms with van der Waals surface area (Å²) in [6.45, 7) is 0.896. The van der Waals surface area contributed by atoms with Crippen molar-refractivity contribution in [2.24, 2.45) is 7.05 Å². The van der Waals surface area contributed by atoms with Gasteiger partial charge in [0.1, 0.15) is 5.82 Å². The standard InChI is InChI=1S/C15H18FN3O3S/c1-18-10-15(17-11-18)23(20,21)19-6-7-22-14(9-19)8-12-2-4-13(16)5-3-12/h2-5,10-11,14H,6-9H2,1H3/t14-/m1/s1. The average Bonchev–Trinajstić information content (AvgIpc) is 2.97. The quantitative estimate of drug-likeness (QED) is 0.839. The smallest absolute Gasteiger partial charge is 0.262 e. The van der Waals surface area contributed by atoms with E-state index in [1.54, 1.807) is 23.7 Å². The molecule has 1 atom stereocenters. The van der Waals surface area contributed by atoms with Crippen LogP contribution >= 0.6 is 0 Å². The van der Waals surface area contributed by atoms with Gasteiger partial charge < -0.3 is 9.30 Å². The van der Waals surface area contributed by atoms with Crippen LogP contribution in [-0.4, -0.2) is 48.1 Å². The van der Waals surface area contributed by atoms with Crippen molar-refractivity contribution in [2.45, 2.75) is 17.6 Å². The van der Waals surface area contributed by atoms with E-state index in [0.29, 0.717) is 19.6 Å². The van der Waals surface area contributed by atoms with E-state index < -0.39 is 10.0 Å². The summed E-state index contributed by atoms with van der Waals surface area (Å²) in [7, 11) is -1.89. The van der Waals surface area contributed by atoms with Crippen LogP contribution in [-0.2, 0) is 28.2 Å². The number of nitrogens with zero attached hydrogens (tertiary/aromatic N) is 3. The highest BCUT2D eigenvalue weighted by atomic mass is 32.2. The maximum absolute atomic E-state index is 12.9. The second-order valence-corrected chi connectivity index (χ2v) is 7.45. The minimum Gasteiger partial charge on any atom is -0.375 e. The Morgan fingerprint density at radius 1 is 1.35 bits per heavy atom. The fraction of sp³-hybridized carbons (Fsp3) is 0.400. The highest BCUT2D eigenvalue weighted by Crippen LogP contribution is 2.19. The lowest BCUT2D eigenvalue weighted by atomic mass is 10.1. The van der Waals surface area contributed by atoms with Gasteiger partial charge in [0, 0.05) is 26.3 Å². The number of ether oxygens (including phenoxy) is 1. The van der Waals surface area contributed by atoms with Crippen LogP contribution in [0.5, 0.6) is 0 Å². The molecule has 0 saturated carbocycles. The van der Waals surface area contributed by atoms with Crippen molar-refractivity contribution in [1.29, 1.82) is 0 Å². The minimum atomic E-state index is -3.61. The number of sulfonamides is 1. The van der Waals surface area contributed by atoms with Crippen LogP contribution in [0.15, 0.2) is 41.8 Å². The van der Waals surface area contributed by atoms with E-state index in [-0.39, 0.29) is 23.5 Å². The molecule has 0 unspecified atom stereocenters. The van der Waals surface area contributed by atoms with Crippen molar-refractivity contribution in [3.63, 3.8) is 0 Å². The van der Waals surface area contributed by atoms with E-state index in [1.165, 1.54) is 29.0 Å². The first kappa shape index (κ1) is 16.1. The van der Waals surface area contributed by atoms with Gasteiger partial charge in [0.05, 0.1) is 19.0 Å². The molecule has 0 amide bonds. The van der Waals surface area contributed by atoms with Crippen molar-refractivity contribution < 1.29 is 17.5 Å². The van der Waals surface area contributed by atoms with Gasteiger partial charge in [-0.25, -0.2) is 17.8 Å². The molecule has 23 heavy (non-hydrogen) atoms. The third kappa shape index (κ3) is 3.60. The molecular weight excluding hydrogens is 321 g/mol. The highest BCUT2D eigenvalue weighted by molar-refractivity contribution is 7.89. The van der Waals surface area contributed by atoms with Crippen molar-refractivity contribution in [3.05, 3.63) is 48.2 Å². The molecule has 2 heterocycles. The average molecular weight is 339 g/mol. The predicted molar refractivity (Wildman–Crippen MR) is 81.8 cm³/mol. The number of hydrogen-bond acceptors (Lipinski definition) is 4. The van der Waals surface area contributed by atoms with Gasteiger partial charge >= 0.3 is 0 Å². The molecule has 1 aliphatic heterocycles. The van der Waals surface area contributed by atoms with Crippen LogP contribution in [0.2, 0.25) is 0 Å². The second-order valence-electron chi connectivity index (χ2n) is 5.56. The Bertz CT molecular complexity index is 774. The number of rotatable bonds is 4. The Balaban J connectivity index is 1.71. The van der Waals surface area contributed by atoms with Gasteiger partial charge in [0.15, 0.2) is 5.03 Å². The van der Waals surface area contributed by atoms with Gasteiger partial charge in [-0.2, -0.15) is 4.31 Å². The summed E-state index contributed by atoms with van der Waals surface area (Å²) in [5.41, 5.74) is 0.911. The lowest BCUT2D eigenvalue weighted by Crippen LogP contribution is -2.46. The molecule has 124 valence electrons. The maximum Gasteiger partial charge on any atom is 0.262 e. The number of morpholine rings is 1. The van der Waals surface area contributed by atoms with Crippen LogP contribution in [0, 0.1) is 5.82 Å². The molecule has 0 spiro atoms. The van der Waals surface area contributed by atoms with E-state index in [4.69, 9.17) is 4.74 Å². The molecule has 0 bridgehead atoms. The molecule has 0 radical (unpaired) electrons. The second kappa shape index (κ2) is 6.38. The zero-order valence-corrected chi connectivity index (χ0v) is 13.5. The molecule has 0 N–H and O–H groups in total. The summed E-state index contributed by atoms with van der Waals surface area (Å²) in [5.74, 6) is -0.294. The first-order valence-corrected chi connectivity index (χ1v) is 8.73. The molecule has 1 aromatic heterocycles. The Labute approximate surface area is 134 Å². The zero-order valence-electron chi connectivity index (χ0n) is 12.7. The molecule has 1 fully saturated rings. The maximum atomic E-state index is 12.9. The molecule has 1 saturated heterocycles. The van der Waals surface area contributed by atoms with Crippen LogP contribution in [0.3, 0.4) is 0 Å². The number of aryl methyl sites for hydroxylation is 1. The Kier molecular flexibility index (Phi) is 4.47. The fourth-order valence-corrected chi connectivity index (χ4v) is 3.99. The van der Waals surface area contributed by atoms with E-state index in [9.17, 15) is 12.8 Å². The van der Waals surface area contributed by atoms with Crippen LogP contribution in [0.25, 0.3) is 0 Å². The van der Waals surface area contributed by atoms with Crippen molar-refractivity contribution >= 4 is 10.0 Å². The molecule has 2 aromatic rings. The largest absolute Gasteiger partial charge is 0.375 e. The van der Waals surface area contributed by atoms with E-state index in [1.807, 2.05) is 0 Å². The van der Waals surface area contributed by atoms with Crippen LogP contribution in [0.4, 0.5) is 4.39 Å². The van der Waals surface area contributed by atoms with Gasteiger partial charge in [-0.1, -0.05) is 12.1 Å². The lowest BCUT2D eigenvalue weighted by molar-refractivity contribution is -0.000564. The van der Waals surface area contributed by atoms with E-state index in [2.05, 4.69) is 4.98 Å². The summed E-state index contributed by atoms with van der Waals surface area (Å²) in [5, 5.41) is 0.0439. The lowest BCUT2D eigenvalue weighted by Gasteiger charge is -2.31. The first-order valence-electron chi connectivity index (χ1n) is 7.29. The van der Waals surface area contributed by atoms with Gasteiger partial charge in [-0.15, -0.1) is 0 Å². The number of aromatic nitrogens is 2. The molecule has 1 aromatic carbocycles. The topological polar surface area (TPSA) is 64.4 Å². The summed E-state index contributed by atoms with van der Waals surface area (Å²) < 4.78 is 46.8. The first-order chi connectivity index (χ1) is 10.9. The number of hydrogen-bond donors (Lipinski definition) is 0. The monoisotopic (exact) mass is 339 g/mol. The number of benzene rings is 1. The van der Waals surface area contributed by atoms with Gasteiger partial charge in [0.2, 0.25) is 0 Å². The number of halogens is 1. The Hall–Kier alpha value is -1.77. The molecule has 0 aliphatic carbocycles. The van der Waals surface area contributed by atoms with Gasteiger partial charge in [-0.3, -0.25) is 0 Å². The van der Waals surface area contributed by atoms with Crippen molar-refractivity contribution in [2.75, 3.05) is 19.7 Å². The van der Waals surface area contributed by atoms with E-state index in [0.717, 1.165) is 5.56 Å². The van der Waals surface area contributed by atoms with Crippen LogP contribution in [0.1, 0.15) is 5.56 Å². The highest BCUT2D eigenvalue weighted by Gasteiger charge is 2.32. The van der Waals surface area contributed by atoms with Gasteiger partial charge in [0.25, 0.3) is 10.0 Å². The van der Waals surface area contributed by atoms with Crippen molar-refractivity contribution in [3.8, 4) is 0 Å². The van der Waals surface area contributed by atoms with Crippen LogP contribution < -0.4 is 0 Å². The predicted octanol–water partition coefficient (Wildman–Crippen LogP) is 1.19. The van der Waals surface area contributed by atoms with E-state index >= 15 is 0 Å². The Morgan fingerprint density at radius 3 is 2.74 bits per heavy atom. The number of imidazole rings is 1. The third-order valence-electron chi connectivity index (χ3n) is 3.76. The minimum absolute atomic E-state index is 0.0439. The molecular formula is C15H18FN3O3S. The molecule has 1 aliphatic rings. The molecule has 6 nitrogen and oxygen atoms in total. The zero-order chi connectivity index (χ0) is 16.4. The molecule has 3 rings (SSSR count). The SMILES string of the molecule is Cn1cnc(S(=O)(=O)N2CCO[C@H](Cc3ccc(F)cc3)C2)c1. The summed E-state index contributed by atoms with van der Waals surface area (Å²) in [4.78, 5) is 3.93. The summed E-state index contributed by atoms with van der Waals surface area (Å²) in [6.07, 6.45) is 3.23. The normalized spacial score (nSPS) is 19.8. The Morgan fingerprint density at radius 2 is 2.09 bits per heavy atom. The summed E-state index contributed by atoms with van der Waals surface area (Å²) in [6, 6.07) is 6.15.